The highest BCUT2D eigenvalue weighted by Crippen LogP contribution is 2.38. The highest BCUT2D eigenvalue weighted by Gasteiger charge is 2.24. The summed E-state index contributed by atoms with van der Waals surface area (Å²) in [7, 11) is 1.93. The molecule has 2 aromatic rings. The van der Waals surface area contributed by atoms with E-state index in [1.807, 2.05) is 24.1 Å². The summed E-state index contributed by atoms with van der Waals surface area (Å²) in [4.78, 5) is 2.42. The zero-order valence-corrected chi connectivity index (χ0v) is 12.3. The van der Waals surface area contributed by atoms with Crippen LogP contribution in [0.5, 0.6) is 0 Å². The average Bonchev–Trinajstić information content (AvgIpc) is 2.94. The maximum Gasteiger partial charge on any atom is 0.0568 e. The van der Waals surface area contributed by atoms with E-state index in [1.54, 1.807) is 0 Å². The van der Waals surface area contributed by atoms with Crippen LogP contribution in [-0.4, -0.2) is 22.4 Å². The minimum absolute atomic E-state index is 0.501. The van der Waals surface area contributed by atoms with Crippen molar-refractivity contribution in [2.75, 3.05) is 11.4 Å². The topological polar surface area (TPSA) is 21.1 Å². The quantitative estimate of drug-likeness (QED) is 0.836. The molecule has 0 aliphatic carbocycles. The third-order valence-corrected chi connectivity index (χ3v) is 4.08. The van der Waals surface area contributed by atoms with Gasteiger partial charge in [-0.3, -0.25) is 4.68 Å². The lowest BCUT2D eigenvalue weighted by Gasteiger charge is -2.24. The SMILES string of the molecule is CC(C)N1CCc2c(Cl)cc(-c3cnn(C)c3)cc21. The molecule has 0 unspecified atom stereocenters. The molecule has 2 heterocycles. The van der Waals surface area contributed by atoms with Crippen molar-refractivity contribution in [3.63, 3.8) is 0 Å². The fraction of sp³-hybridized carbons (Fsp3) is 0.400. The Balaban J connectivity index is 2.10. The van der Waals surface area contributed by atoms with E-state index < -0.39 is 0 Å². The van der Waals surface area contributed by atoms with Crippen LogP contribution in [0.4, 0.5) is 5.69 Å². The molecule has 100 valence electrons. The Hall–Kier alpha value is -1.48. The summed E-state index contributed by atoms with van der Waals surface area (Å²) in [5.74, 6) is 0. The van der Waals surface area contributed by atoms with Gasteiger partial charge in [-0.25, -0.2) is 0 Å². The lowest BCUT2D eigenvalue weighted by atomic mass is 10.0. The number of halogens is 1. The van der Waals surface area contributed by atoms with Gasteiger partial charge in [0.25, 0.3) is 0 Å². The predicted octanol–water partition coefficient (Wildman–Crippen LogP) is 3.51. The van der Waals surface area contributed by atoms with Crippen LogP contribution < -0.4 is 4.90 Å². The highest BCUT2D eigenvalue weighted by molar-refractivity contribution is 6.32. The van der Waals surface area contributed by atoms with E-state index in [0.29, 0.717) is 6.04 Å². The summed E-state index contributed by atoms with van der Waals surface area (Å²) in [5, 5.41) is 5.10. The van der Waals surface area contributed by atoms with Crippen molar-refractivity contribution in [3.8, 4) is 11.1 Å². The number of fused-ring (bicyclic) bond motifs is 1. The van der Waals surface area contributed by atoms with Crippen molar-refractivity contribution in [2.45, 2.75) is 26.3 Å². The van der Waals surface area contributed by atoms with Gasteiger partial charge >= 0.3 is 0 Å². The summed E-state index contributed by atoms with van der Waals surface area (Å²) in [5.41, 5.74) is 4.82. The second kappa shape index (κ2) is 4.57. The number of anilines is 1. The van der Waals surface area contributed by atoms with E-state index in [1.165, 1.54) is 11.3 Å². The van der Waals surface area contributed by atoms with Gasteiger partial charge in [-0.2, -0.15) is 5.10 Å². The normalized spacial score (nSPS) is 14.3. The molecule has 1 aromatic heterocycles. The van der Waals surface area contributed by atoms with Crippen LogP contribution in [0.1, 0.15) is 19.4 Å². The number of hydrogen-bond acceptors (Lipinski definition) is 2. The van der Waals surface area contributed by atoms with Crippen molar-refractivity contribution >= 4 is 17.3 Å². The van der Waals surface area contributed by atoms with Crippen LogP contribution in [0.3, 0.4) is 0 Å². The zero-order chi connectivity index (χ0) is 13.6. The Kier molecular flexibility index (Phi) is 3.02. The van der Waals surface area contributed by atoms with Crippen molar-refractivity contribution in [1.29, 1.82) is 0 Å². The van der Waals surface area contributed by atoms with Crippen molar-refractivity contribution < 1.29 is 0 Å². The maximum atomic E-state index is 6.45. The first-order valence-corrected chi connectivity index (χ1v) is 7.02. The summed E-state index contributed by atoms with van der Waals surface area (Å²) in [6, 6.07) is 4.80. The minimum atomic E-state index is 0.501. The van der Waals surface area contributed by atoms with E-state index in [-0.39, 0.29) is 0 Å². The Bertz CT molecular complexity index is 616. The van der Waals surface area contributed by atoms with Crippen molar-refractivity contribution in [2.24, 2.45) is 7.05 Å². The van der Waals surface area contributed by atoms with Crippen LogP contribution in [0.2, 0.25) is 5.02 Å². The van der Waals surface area contributed by atoms with Gasteiger partial charge in [0, 0.05) is 42.1 Å². The monoisotopic (exact) mass is 275 g/mol. The Morgan fingerprint density at radius 1 is 1.26 bits per heavy atom. The molecular formula is C15H18ClN3. The number of aryl methyl sites for hydroxylation is 1. The number of rotatable bonds is 2. The molecule has 0 amide bonds. The van der Waals surface area contributed by atoms with Crippen LogP contribution in [-0.2, 0) is 13.5 Å². The van der Waals surface area contributed by atoms with Crippen LogP contribution in [0.25, 0.3) is 11.1 Å². The molecule has 1 aliphatic heterocycles. The third-order valence-electron chi connectivity index (χ3n) is 3.75. The molecule has 0 radical (unpaired) electrons. The van der Waals surface area contributed by atoms with E-state index in [4.69, 9.17) is 11.6 Å². The summed E-state index contributed by atoms with van der Waals surface area (Å²) >= 11 is 6.45. The summed E-state index contributed by atoms with van der Waals surface area (Å²) in [6.07, 6.45) is 4.94. The molecule has 0 spiro atoms. The van der Waals surface area contributed by atoms with E-state index >= 15 is 0 Å². The van der Waals surface area contributed by atoms with E-state index in [2.05, 4.69) is 36.0 Å². The van der Waals surface area contributed by atoms with Crippen LogP contribution in [0, 0.1) is 0 Å². The molecule has 0 saturated heterocycles. The molecule has 1 aromatic carbocycles. The van der Waals surface area contributed by atoms with Gasteiger partial charge in [0.2, 0.25) is 0 Å². The third kappa shape index (κ3) is 2.12. The smallest absolute Gasteiger partial charge is 0.0568 e. The standard InChI is InChI=1S/C15H18ClN3/c1-10(2)19-5-4-13-14(16)6-11(7-15(13)19)12-8-17-18(3)9-12/h6-10H,4-5H2,1-3H3. The van der Waals surface area contributed by atoms with E-state index in [0.717, 1.165) is 29.1 Å². The fourth-order valence-corrected chi connectivity index (χ4v) is 3.06. The second-order valence-electron chi connectivity index (χ2n) is 5.40. The highest BCUT2D eigenvalue weighted by atomic mass is 35.5. The van der Waals surface area contributed by atoms with Crippen molar-refractivity contribution in [3.05, 3.63) is 35.1 Å². The molecule has 0 bridgehead atoms. The lowest BCUT2D eigenvalue weighted by molar-refractivity contribution is 0.710. The molecule has 4 heteroatoms. The molecule has 0 fully saturated rings. The Morgan fingerprint density at radius 2 is 2.05 bits per heavy atom. The molecule has 0 N–H and O–H groups in total. The first-order chi connectivity index (χ1) is 9.06. The lowest BCUT2D eigenvalue weighted by Crippen LogP contribution is -2.28. The number of hydrogen-bond donors (Lipinski definition) is 0. The average molecular weight is 276 g/mol. The van der Waals surface area contributed by atoms with Gasteiger partial charge in [-0.1, -0.05) is 11.6 Å². The predicted molar refractivity (Wildman–Crippen MR) is 79.8 cm³/mol. The molecule has 0 saturated carbocycles. The fourth-order valence-electron chi connectivity index (χ4n) is 2.75. The van der Waals surface area contributed by atoms with Gasteiger partial charge in [0.05, 0.1) is 6.20 Å². The summed E-state index contributed by atoms with van der Waals surface area (Å²) in [6.45, 7) is 5.50. The second-order valence-corrected chi connectivity index (χ2v) is 5.80. The number of aromatic nitrogens is 2. The van der Waals surface area contributed by atoms with Gasteiger partial charge in [0.15, 0.2) is 0 Å². The molecule has 3 nitrogen and oxygen atoms in total. The molecule has 19 heavy (non-hydrogen) atoms. The van der Waals surface area contributed by atoms with Gasteiger partial charge < -0.3 is 4.90 Å². The molecule has 1 aliphatic rings. The van der Waals surface area contributed by atoms with Crippen LogP contribution >= 0.6 is 11.6 Å². The Labute approximate surface area is 118 Å². The van der Waals surface area contributed by atoms with Gasteiger partial charge in [-0.05, 0) is 43.5 Å². The van der Waals surface area contributed by atoms with Crippen molar-refractivity contribution in [1.82, 2.24) is 9.78 Å². The molecular weight excluding hydrogens is 258 g/mol. The van der Waals surface area contributed by atoms with Gasteiger partial charge in [-0.15, -0.1) is 0 Å². The number of nitrogens with zero attached hydrogens (tertiary/aromatic N) is 3. The summed E-state index contributed by atoms with van der Waals surface area (Å²) < 4.78 is 1.82. The Morgan fingerprint density at radius 3 is 2.68 bits per heavy atom. The zero-order valence-electron chi connectivity index (χ0n) is 11.5. The molecule has 3 rings (SSSR count). The first kappa shape index (κ1) is 12.5. The van der Waals surface area contributed by atoms with Crippen LogP contribution in [0.15, 0.2) is 24.5 Å². The first-order valence-electron chi connectivity index (χ1n) is 6.64. The number of benzene rings is 1. The van der Waals surface area contributed by atoms with E-state index in [9.17, 15) is 0 Å². The minimum Gasteiger partial charge on any atom is -0.368 e. The maximum absolute atomic E-state index is 6.45. The van der Waals surface area contributed by atoms with Gasteiger partial charge in [0.1, 0.15) is 0 Å². The molecule has 0 atom stereocenters. The largest absolute Gasteiger partial charge is 0.368 e.